The van der Waals surface area contributed by atoms with Gasteiger partial charge in [-0.2, -0.15) is 0 Å². The van der Waals surface area contributed by atoms with Crippen LogP contribution in [0.5, 0.6) is 0 Å². The molecule has 1 aromatic rings. The molecule has 2 nitrogen and oxygen atoms in total. The predicted octanol–water partition coefficient (Wildman–Crippen LogP) is 2.72. The highest BCUT2D eigenvalue weighted by Crippen LogP contribution is 2.15. The molecule has 1 aromatic heterocycles. The fourth-order valence-corrected chi connectivity index (χ4v) is 1.10. The number of halogens is 2. The van der Waals surface area contributed by atoms with Crippen molar-refractivity contribution in [1.82, 2.24) is 10.3 Å². The van der Waals surface area contributed by atoms with Crippen LogP contribution in [-0.4, -0.2) is 15.9 Å². The van der Waals surface area contributed by atoms with Crippen LogP contribution >= 0.6 is 11.6 Å². The first-order chi connectivity index (χ1) is 6.92. The normalized spacial score (nSPS) is 13.9. The lowest BCUT2D eigenvalue weighted by atomic mass is 10.0. The van der Waals surface area contributed by atoms with Crippen molar-refractivity contribution in [3.05, 3.63) is 29.8 Å². The van der Waals surface area contributed by atoms with Crippen molar-refractivity contribution in [2.45, 2.75) is 38.2 Å². The first kappa shape index (κ1) is 12.4. The molecule has 0 aliphatic heterocycles. The van der Waals surface area contributed by atoms with Gasteiger partial charge in [0.25, 0.3) is 0 Å². The third kappa shape index (κ3) is 3.76. The zero-order valence-electron chi connectivity index (χ0n) is 9.22. The number of rotatable bonds is 4. The Morgan fingerprint density at radius 3 is 2.73 bits per heavy atom. The fraction of sp³-hybridized carbons (Fsp3) is 0.545. The second-order valence-corrected chi connectivity index (χ2v) is 4.86. The molecule has 1 rings (SSSR count). The summed E-state index contributed by atoms with van der Waals surface area (Å²) < 4.78 is 12.8. The Balaban J connectivity index is 2.57. The quantitative estimate of drug-likeness (QED) is 0.805. The van der Waals surface area contributed by atoms with Crippen LogP contribution < -0.4 is 5.32 Å². The molecule has 1 atom stereocenters. The smallest absolute Gasteiger partial charge is 0.141 e. The fourth-order valence-electron chi connectivity index (χ4n) is 1.02. The minimum absolute atomic E-state index is 0.000909. The third-order valence-corrected chi connectivity index (χ3v) is 3.05. The van der Waals surface area contributed by atoms with Crippen LogP contribution in [0.1, 0.15) is 26.3 Å². The number of aromatic nitrogens is 1. The van der Waals surface area contributed by atoms with Gasteiger partial charge in [-0.05, 0) is 32.4 Å². The summed E-state index contributed by atoms with van der Waals surface area (Å²) in [6.07, 6.45) is 2.84. The largest absolute Gasteiger partial charge is 0.306 e. The second kappa shape index (κ2) is 4.90. The van der Waals surface area contributed by atoms with Crippen molar-refractivity contribution in [2.24, 2.45) is 0 Å². The molecule has 0 saturated carbocycles. The van der Waals surface area contributed by atoms with Crippen LogP contribution in [0.2, 0.25) is 0 Å². The molecule has 1 unspecified atom stereocenters. The van der Waals surface area contributed by atoms with E-state index in [1.165, 1.54) is 12.3 Å². The van der Waals surface area contributed by atoms with Crippen LogP contribution in [0.4, 0.5) is 4.39 Å². The summed E-state index contributed by atoms with van der Waals surface area (Å²) in [6.45, 7) is 6.52. The highest BCUT2D eigenvalue weighted by molar-refractivity contribution is 6.21. The van der Waals surface area contributed by atoms with E-state index in [0.717, 1.165) is 5.56 Å². The highest BCUT2D eigenvalue weighted by atomic mass is 35.5. The van der Waals surface area contributed by atoms with Crippen LogP contribution in [0.3, 0.4) is 0 Å². The van der Waals surface area contributed by atoms with Crippen LogP contribution in [0, 0.1) is 5.82 Å². The molecule has 15 heavy (non-hydrogen) atoms. The Kier molecular flexibility index (Phi) is 4.05. The number of hydrogen-bond acceptors (Lipinski definition) is 2. The standard InChI is InChI=1S/C11H16ClFN2/c1-8(12)11(2,3)15-6-9-4-10(13)7-14-5-9/h4-5,7-8,15H,6H2,1-3H3. The van der Waals surface area contributed by atoms with E-state index >= 15 is 0 Å². The summed E-state index contributed by atoms with van der Waals surface area (Å²) in [7, 11) is 0. The zero-order chi connectivity index (χ0) is 11.5. The van der Waals surface area contributed by atoms with E-state index in [1.54, 1.807) is 6.20 Å². The Morgan fingerprint density at radius 2 is 2.20 bits per heavy atom. The first-order valence-electron chi connectivity index (χ1n) is 4.90. The van der Waals surface area contributed by atoms with Crippen LogP contribution in [0.25, 0.3) is 0 Å². The van der Waals surface area contributed by atoms with Crippen molar-refractivity contribution in [1.29, 1.82) is 0 Å². The highest BCUT2D eigenvalue weighted by Gasteiger charge is 2.22. The lowest BCUT2D eigenvalue weighted by Crippen LogP contribution is -2.45. The van der Waals surface area contributed by atoms with E-state index in [1.807, 2.05) is 20.8 Å². The lowest BCUT2D eigenvalue weighted by molar-refractivity contribution is 0.379. The van der Waals surface area contributed by atoms with Gasteiger partial charge >= 0.3 is 0 Å². The van der Waals surface area contributed by atoms with E-state index in [9.17, 15) is 4.39 Å². The maximum absolute atomic E-state index is 12.8. The molecule has 0 fully saturated rings. The summed E-state index contributed by atoms with van der Waals surface area (Å²) in [5, 5.41) is 3.26. The maximum atomic E-state index is 12.8. The van der Waals surface area contributed by atoms with Crippen molar-refractivity contribution >= 4 is 11.6 Å². The lowest BCUT2D eigenvalue weighted by Gasteiger charge is -2.29. The number of nitrogens with one attached hydrogen (secondary N) is 1. The Bertz CT molecular complexity index is 326. The Hall–Kier alpha value is -0.670. The van der Waals surface area contributed by atoms with Gasteiger partial charge in [0.2, 0.25) is 0 Å². The molecular weight excluding hydrogens is 215 g/mol. The topological polar surface area (TPSA) is 24.9 Å². The van der Waals surface area contributed by atoms with E-state index in [-0.39, 0.29) is 16.7 Å². The summed E-state index contributed by atoms with van der Waals surface area (Å²) in [5.41, 5.74) is 0.633. The van der Waals surface area contributed by atoms with Crippen molar-refractivity contribution in [3.63, 3.8) is 0 Å². The molecule has 0 aliphatic carbocycles. The van der Waals surface area contributed by atoms with Gasteiger partial charge in [0.1, 0.15) is 5.82 Å². The molecule has 0 amide bonds. The van der Waals surface area contributed by atoms with Gasteiger partial charge in [-0.3, -0.25) is 4.98 Å². The van der Waals surface area contributed by atoms with Gasteiger partial charge in [0.15, 0.2) is 0 Å². The maximum Gasteiger partial charge on any atom is 0.141 e. The molecule has 1 N–H and O–H groups in total. The molecule has 0 saturated heterocycles. The molecule has 0 bridgehead atoms. The van der Waals surface area contributed by atoms with Crippen molar-refractivity contribution in [3.8, 4) is 0 Å². The summed E-state index contributed by atoms with van der Waals surface area (Å²) in [5.74, 6) is -0.314. The van der Waals surface area contributed by atoms with Crippen LogP contribution in [0.15, 0.2) is 18.5 Å². The summed E-state index contributed by atoms with van der Waals surface area (Å²) in [4.78, 5) is 3.78. The van der Waals surface area contributed by atoms with E-state index < -0.39 is 0 Å². The van der Waals surface area contributed by atoms with Gasteiger partial charge in [-0.25, -0.2) is 4.39 Å². The van der Waals surface area contributed by atoms with Gasteiger partial charge in [0, 0.05) is 23.7 Å². The third-order valence-electron chi connectivity index (χ3n) is 2.50. The van der Waals surface area contributed by atoms with Gasteiger partial charge in [-0.15, -0.1) is 11.6 Å². The van der Waals surface area contributed by atoms with Crippen LogP contribution in [-0.2, 0) is 6.54 Å². The van der Waals surface area contributed by atoms with Crippen molar-refractivity contribution < 1.29 is 4.39 Å². The molecular formula is C11H16ClFN2. The number of nitrogens with zero attached hydrogens (tertiary/aromatic N) is 1. The van der Waals surface area contributed by atoms with Gasteiger partial charge in [-0.1, -0.05) is 0 Å². The number of alkyl halides is 1. The summed E-state index contributed by atoms with van der Waals surface area (Å²) >= 11 is 6.01. The van der Waals surface area contributed by atoms with E-state index in [2.05, 4.69) is 10.3 Å². The van der Waals surface area contributed by atoms with Gasteiger partial charge in [0.05, 0.1) is 6.20 Å². The molecule has 4 heteroatoms. The number of pyridine rings is 1. The Labute approximate surface area is 94.9 Å². The second-order valence-electron chi connectivity index (χ2n) is 4.20. The minimum Gasteiger partial charge on any atom is -0.306 e. The predicted molar refractivity (Wildman–Crippen MR) is 60.4 cm³/mol. The molecule has 0 spiro atoms. The molecule has 1 heterocycles. The van der Waals surface area contributed by atoms with E-state index in [4.69, 9.17) is 11.6 Å². The zero-order valence-corrected chi connectivity index (χ0v) is 9.98. The average Bonchev–Trinajstić information content (AvgIpc) is 2.15. The Morgan fingerprint density at radius 1 is 1.53 bits per heavy atom. The van der Waals surface area contributed by atoms with Gasteiger partial charge < -0.3 is 5.32 Å². The monoisotopic (exact) mass is 230 g/mol. The number of hydrogen-bond donors (Lipinski definition) is 1. The molecule has 0 aromatic carbocycles. The molecule has 0 radical (unpaired) electrons. The average molecular weight is 231 g/mol. The summed E-state index contributed by atoms with van der Waals surface area (Å²) in [6, 6.07) is 1.47. The van der Waals surface area contributed by atoms with Crippen molar-refractivity contribution in [2.75, 3.05) is 0 Å². The molecule has 0 aliphatic rings. The SMILES string of the molecule is CC(Cl)C(C)(C)NCc1cncc(F)c1. The first-order valence-corrected chi connectivity index (χ1v) is 5.34. The molecule has 84 valence electrons. The minimum atomic E-state index is -0.314. The van der Waals surface area contributed by atoms with E-state index in [0.29, 0.717) is 6.54 Å².